The van der Waals surface area contributed by atoms with E-state index >= 15 is 0 Å². The molecule has 0 bridgehead atoms. The molecule has 2 saturated heterocycles. The van der Waals surface area contributed by atoms with Gasteiger partial charge in [0, 0.05) is 30.5 Å². The summed E-state index contributed by atoms with van der Waals surface area (Å²) in [6.07, 6.45) is 9.43. The van der Waals surface area contributed by atoms with Crippen LogP contribution in [0.3, 0.4) is 0 Å². The highest BCUT2D eigenvalue weighted by atomic mass is 16.5. The van der Waals surface area contributed by atoms with Crippen LogP contribution < -0.4 is 0 Å². The van der Waals surface area contributed by atoms with E-state index in [1.807, 2.05) is 4.90 Å². The van der Waals surface area contributed by atoms with E-state index in [0.717, 1.165) is 69.5 Å². The standard InChI is InChI=1S/C18H23N3O3/c22-18(12-3-1-2-4-12)21-8-7-14-13(10-21)9-15(23-14)17-20-19-16(24-17)11-5-6-11/h3,11,13-15H,1-2,4-10H2/t13-,14-,15+/m0/s1. The lowest BCUT2D eigenvalue weighted by molar-refractivity contribution is -0.130. The number of carbonyl (C=O) groups excluding carboxylic acids is 1. The molecule has 1 amide bonds. The summed E-state index contributed by atoms with van der Waals surface area (Å²) in [6, 6.07) is 0. The maximum Gasteiger partial charge on any atom is 0.249 e. The van der Waals surface area contributed by atoms with Crippen molar-refractivity contribution in [1.82, 2.24) is 15.1 Å². The number of aromatic nitrogens is 2. The molecular formula is C18H23N3O3. The van der Waals surface area contributed by atoms with Crippen LogP contribution in [0.2, 0.25) is 0 Å². The highest BCUT2D eigenvalue weighted by molar-refractivity contribution is 5.93. The normalized spacial score (nSPS) is 32.8. The number of carbonyl (C=O) groups is 1. The van der Waals surface area contributed by atoms with Gasteiger partial charge in [0.2, 0.25) is 17.7 Å². The highest BCUT2D eigenvalue weighted by Crippen LogP contribution is 2.43. The van der Waals surface area contributed by atoms with E-state index in [0.29, 0.717) is 17.7 Å². The third kappa shape index (κ3) is 2.57. The largest absolute Gasteiger partial charge is 0.422 e. The molecule has 0 N–H and O–H groups in total. The molecule has 3 fully saturated rings. The lowest BCUT2D eigenvalue weighted by atomic mass is 9.92. The Morgan fingerprint density at radius 3 is 2.88 bits per heavy atom. The minimum atomic E-state index is -0.0965. The van der Waals surface area contributed by atoms with Gasteiger partial charge in [-0.15, -0.1) is 10.2 Å². The molecule has 3 heterocycles. The second-order valence-corrected chi connectivity index (χ2v) is 7.57. The molecule has 4 aliphatic rings. The number of ether oxygens (including phenoxy) is 1. The van der Waals surface area contributed by atoms with Gasteiger partial charge in [0.15, 0.2) is 0 Å². The molecule has 6 heteroatoms. The van der Waals surface area contributed by atoms with E-state index in [2.05, 4.69) is 16.3 Å². The SMILES string of the molecule is O=C(C1=CCCC1)N1CC[C@@H]2O[C@@H](c3nnc(C4CC4)o3)C[C@H]2C1. The van der Waals surface area contributed by atoms with Gasteiger partial charge in [-0.3, -0.25) is 4.79 Å². The minimum absolute atomic E-state index is 0.0965. The van der Waals surface area contributed by atoms with Gasteiger partial charge in [-0.2, -0.15) is 0 Å². The van der Waals surface area contributed by atoms with E-state index in [9.17, 15) is 4.79 Å². The number of fused-ring (bicyclic) bond motifs is 1. The Kier molecular flexibility index (Phi) is 3.47. The van der Waals surface area contributed by atoms with E-state index < -0.39 is 0 Å². The Balaban J connectivity index is 1.25. The van der Waals surface area contributed by atoms with Crippen LogP contribution in [0.15, 0.2) is 16.1 Å². The van der Waals surface area contributed by atoms with Gasteiger partial charge in [-0.05, 0) is 44.9 Å². The molecule has 0 aromatic carbocycles. The van der Waals surface area contributed by atoms with Crippen LogP contribution in [0, 0.1) is 5.92 Å². The van der Waals surface area contributed by atoms with Crippen molar-refractivity contribution in [1.29, 1.82) is 0 Å². The molecule has 24 heavy (non-hydrogen) atoms. The Morgan fingerprint density at radius 2 is 2.08 bits per heavy atom. The summed E-state index contributed by atoms with van der Waals surface area (Å²) >= 11 is 0. The molecule has 0 unspecified atom stereocenters. The number of piperidine rings is 1. The van der Waals surface area contributed by atoms with Crippen molar-refractivity contribution in [3.8, 4) is 0 Å². The molecule has 2 aliphatic carbocycles. The minimum Gasteiger partial charge on any atom is -0.422 e. The van der Waals surface area contributed by atoms with E-state index in [1.54, 1.807) is 0 Å². The molecule has 2 aliphatic heterocycles. The first-order valence-electron chi connectivity index (χ1n) is 9.25. The smallest absolute Gasteiger partial charge is 0.249 e. The van der Waals surface area contributed by atoms with Crippen molar-refractivity contribution >= 4 is 5.91 Å². The fraction of sp³-hybridized carbons (Fsp3) is 0.722. The molecule has 6 nitrogen and oxygen atoms in total. The van der Waals surface area contributed by atoms with Crippen molar-refractivity contribution < 1.29 is 13.9 Å². The topological polar surface area (TPSA) is 68.5 Å². The van der Waals surface area contributed by atoms with Crippen LogP contribution >= 0.6 is 0 Å². The number of hydrogen-bond acceptors (Lipinski definition) is 5. The van der Waals surface area contributed by atoms with Gasteiger partial charge in [-0.25, -0.2) is 0 Å². The molecule has 1 aromatic heterocycles. The summed E-state index contributed by atoms with van der Waals surface area (Å²) in [5.41, 5.74) is 1.01. The van der Waals surface area contributed by atoms with Crippen molar-refractivity contribution in [3.63, 3.8) is 0 Å². The quantitative estimate of drug-likeness (QED) is 0.853. The zero-order valence-corrected chi connectivity index (χ0v) is 13.8. The van der Waals surface area contributed by atoms with Gasteiger partial charge in [0.1, 0.15) is 6.10 Å². The fourth-order valence-corrected chi connectivity index (χ4v) is 4.24. The number of hydrogen-bond donors (Lipinski definition) is 0. The molecule has 3 atom stereocenters. The second kappa shape index (κ2) is 5.69. The summed E-state index contributed by atoms with van der Waals surface area (Å²) in [7, 11) is 0. The van der Waals surface area contributed by atoms with Crippen LogP contribution in [0.25, 0.3) is 0 Å². The average Bonchev–Trinajstić information content (AvgIpc) is 3.06. The monoisotopic (exact) mass is 329 g/mol. The number of amides is 1. The molecule has 1 saturated carbocycles. The maximum atomic E-state index is 12.6. The van der Waals surface area contributed by atoms with Crippen LogP contribution in [-0.4, -0.2) is 40.2 Å². The molecular weight excluding hydrogens is 306 g/mol. The third-order valence-electron chi connectivity index (χ3n) is 5.78. The van der Waals surface area contributed by atoms with Crippen LogP contribution in [0.4, 0.5) is 0 Å². The lowest BCUT2D eigenvalue weighted by Gasteiger charge is -2.34. The Labute approximate surface area is 141 Å². The Morgan fingerprint density at radius 1 is 1.21 bits per heavy atom. The number of rotatable bonds is 3. The number of likely N-dealkylation sites (tertiary alicyclic amines) is 1. The number of nitrogens with zero attached hydrogens (tertiary/aromatic N) is 3. The van der Waals surface area contributed by atoms with Gasteiger partial charge in [0.25, 0.3) is 0 Å². The summed E-state index contributed by atoms with van der Waals surface area (Å²) in [4.78, 5) is 14.6. The van der Waals surface area contributed by atoms with Crippen molar-refractivity contribution in [2.24, 2.45) is 5.92 Å². The first-order chi connectivity index (χ1) is 11.8. The van der Waals surface area contributed by atoms with E-state index in [1.165, 1.54) is 0 Å². The third-order valence-corrected chi connectivity index (χ3v) is 5.78. The van der Waals surface area contributed by atoms with Crippen molar-refractivity contribution in [2.75, 3.05) is 13.1 Å². The Bertz CT molecular complexity index is 679. The second-order valence-electron chi connectivity index (χ2n) is 7.57. The van der Waals surface area contributed by atoms with Crippen molar-refractivity contribution in [3.05, 3.63) is 23.4 Å². The molecule has 5 rings (SSSR count). The average molecular weight is 329 g/mol. The van der Waals surface area contributed by atoms with Crippen LogP contribution in [-0.2, 0) is 9.53 Å². The maximum absolute atomic E-state index is 12.6. The molecule has 1 aromatic rings. The van der Waals surface area contributed by atoms with Gasteiger partial charge >= 0.3 is 0 Å². The van der Waals surface area contributed by atoms with Gasteiger partial charge in [-0.1, -0.05) is 6.08 Å². The number of allylic oxidation sites excluding steroid dienone is 1. The first kappa shape index (κ1) is 14.6. The predicted molar refractivity (Wildman–Crippen MR) is 85.1 cm³/mol. The van der Waals surface area contributed by atoms with Crippen LogP contribution in [0.5, 0.6) is 0 Å². The molecule has 0 spiro atoms. The fourth-order valence-electron chi connectivity index (χ4n) is 4.24. The Hall–Kier alpha value is -1.69. The summed E-state index contributed by atoms with van der Waals surface area (Å²) in [5.74, 6) is 2.49. The zero-order chi connectivity index (χ0) is 16.1. The highest BCUT2D eigenvalue weighted by Gasteiger charge is 2.43. The summed E-state index contributed by atoms with van der Waals surface area (Å²) in [6.45, 7) is 1.59. The molecule has 0 radical (unpaired) electrons. The predicted octanol–water partition coefficient (Wildman–Crippen LogP) is 2.74. The molecule has 128 valence electrons. The van der Waals surface area contributed by atoms with E-state index in [-0.39, 0.29) is 18.1 Å². The van der Waals surface area contributed by atoms with Crippen LogP contribution in [0.1, 0.15) is 68.7 Å². The first-order valence-corrected chi connectivity index (χ1v) is 9.25. The summed E-state index contributed by atoms with van der Waals surface area (Å²) in [5, 5.41) is 8.37. The van der Waals surface area contributed by atoms with Gasteiger partial charge in [0.05, 0.1) is 6.10 Å². The van der Waals surface area contributed by atoms with Gasteiger partial charge < -0.3 is 14.1 Å². The lowest BCUT2D eigenvalue weighted by Crippen LogP contribution is -2.44. The van der Waals surface area contributed by atoms with E-state index in [4.69, 9.17) is 9.15 Å². The zero-order valence-electron chi connectivity index (χ0n) is 13.8. The van der Waals surface area contributed by atoms with Crippen molar-refractivity contribution in [2.45, 2.75) is 63.1 Å². The summed E-state index contributed by atoms with van der Waals surface area (Å²) < 4.78 is 12.0.